The summed E-state index contributed by atoms with van der Waals surface area (Å²) in [6, 6.07) is 6.36. The number of hydrogen-bond acceptors (Lipinski definition) is 5. The molecule has 0 spiro atoms. The minimum atomic E-state index is -2.73. The predicted molar refractivity (Wildman–Crippen MR) is 112 cm³/mol. The first-order valence-electron chi connectivity index (χ1n) is 12.0. The number of ether oxygens (including phenoxy) is 1. The number of carbonyl (C=O) groups is 2. The number of nitrogens with one attached hydrogen (secondary N) is 3. The van der Waals surface area contributed by atoms with E-state index in [1.54, 1.807) is 18.2 Å². The lowest BCUT2D eigenvalue weighted by Gasteiger charge is -2.16. The molecule has 8 nitrogen and oxygen atoms in total. The molecule has 29 heavy (non-hydrogen) atoms. The van der Waals surface area contributed by atoms with Gasteiger partial charge in [0.1, 0.15) is 5.82 Å². The molecule has 1 aliphatic rings. The molecule has 0 bridgehead atoms. The van der Waals surface area contributed by atoms with Crippen LogP contribution in [-0.4, -0.2) is 35.5 Å². The normalized spacial score (nSPS) is 17.1. The lowest BCUT2D eigenvalue weighted by Crippen LogP contribution is -2.20. The third kappa shape index (κ3) is 3.61. The van der Waals surface area contributed by atoms with Crippen LogP contribution in [0.15, 0.2) is 36.7 Å². The molecule has 1 saturated carbocycles. The fraction of sp³-hybridized carbons (Fsp3) is 0.286. The van der Waals surface area contributed by atoms with Crippen molar-refractivity contribution < 1.29 is 22.6 Å². The second kappa shape index (κ2) is 7.46. The van der Waals surface area contributed by atoms with Gasteiger partial charge in [-0.2, -0.15) is 0 Å². The second-order valence-corrected chi connectivity index (χ2v) is 6.73. The SMILES string of the molecule is [2H]C([2H])([2H])NC(=O)c1cnc(NC(=O)C2CC2)cc1Nc1ccc2ccn(C([2H])([2H])[2H])c2c1OC. The topological polar surface area (TPSA) is 97.3 Å². The summed E-state index contributed by atoms with van der Waals surface area (Å²) in [6.45, 7) is -5.19. The van der Waals surface area contributed by atoms with Gasteiger partial charge in [-0.1, -0.05) is 6.07 Å². The number of nitrogens with zero attached hydrogens (tertiary/aromatic N) is 2. The van der Waals surface area contributed by atoms with Gasteiger partial charge in [0.15, 0.2) is 5.75 Å². The molecule has 0 saturated heterocycles. The first-order chi connectivity index (χ1) is 16.4. The fourth-order valence-electron chi connectivity index (χ4n) is 3.10. The Kier molecular flexibility index (Phi) is 3.30. The van der Waals surface area contributed by atoms with Crippen LogP contribution >= 0.6 is 0 Å². The number of anilines is 3. The van der Waals surface area contributed by atoms with E-state index in [0.29, 0.717) is 16.6 Å². The summed E-state index contributed by atoms with van der Waals surface area (Å²) in [5.74, 6) is -0.822. The number of aryl methyl sites for hydroxylation is 1. The zero-order chi connectivity index (χ0) is 25.5. The average molecular weight is 399 g/mol. The number of methoxy groups -OCH3 is 1. The highest BCUT2D eigenvalue weighted by molar-refractivity contribution is 6.02. The van der Waals surface area contributed by atoms with Crippen molar-refractivity contribution in [1.82, 2.24) is 14.9 Å². The number of carbonyl (C=O) groups excluding carboxylic acids is 2. The van der Waals surface area contributed by atoms with Crippen LogP contribution in [0.2, 0.25) is 0 Å². The lowest BCUT2D eigenvalue weighted by molar-refractivity contribution is -0.117. The largest absolute Gasteiger partial charge is 0.492 e. The van der Waals surface area contributed by atoms with E-state index in [9.17, 15) is 9.59 Å². The van der Waals surface area contributed by atoms with Gasteiger partial charge in [0.05, 0.1) is 29.6 Å². The smallest absolute Gasteiger partial charge is 0.254 e. The van der Waals surface area contributed by atoms with Crippen LogP contribution in [0.3, 0.4) is 0 Å². The van der Waals surface area contributed by atoms with Crippen molar-refractivity contribution >= 4 is 39.9 Å². The summed E-state index contributed by atoms with van der Waals surface area (Å²) in [5, 5.41) is 8.24. The van der Waals surface area contributed by atoms with Crippen LogP contribution in [0.4, 0.5) is 17.2 Å². The predicted octanol–water partition coefficient (Wildman–Crippen LogP) is 3.03. The van der Waals surface area contributed by atoms with Crippen molar-refractivity contribution in [2.24, 2.45) is 12.9 Å². The summed E-state index contributed by atoms with van der Waals surface area (Å²) in [7, 11) is 1.38. The van der Waals surface area contributed by atoms with Gasteiger partial charge < -0.3 is 25.3 Å². The van der Waals surface area contributed by atoms with Gasteiger partial charge in [-0.05, 0) is 25.0 Å². The Morgan fingerprint density at radius 3 is 2.86 bits per heavy atom. The van der Waals surface area contributed by atoms with Crippen molar-refractivity contribution in [2.75, 3.05) is 24.7 Å². The Bertz CT molecular complexity index is 1300. The van der Waals surface area contributed by atoms with Crippen molar-refractivity contribution in [3.63, 3.8) is 0 Å². The summed E-state index contributed by atoms with van der Waals surface area (Å²) >= 11 is 0. The molecule has 4 rings (SSSR count). The molecular weight excluding hydrogens is 370 g/mol. The summed E-state index contributed by atoms with van der Waals surface area (Å²) in [4.78, 5) is 29.0. The standard InChI is InChI=1S/C21H23N5O3/c1-22-21(28)14-11-23-17(25-20(27)13-4-5-13)10-16(14)24-15-7-6-12-8-9-26(2)18(12)19(15)29-3/h6-11,13H,4-5H2,1-3H3,(H,22,28)(H2,23,24,25,27)/i1D3,2D3. The van der Waals surface area contributed by atoms with Gasteiger partial charge in [-0.3, -0.25) is 9.59 Å². The van der Waals surface area contributed by atoms with E-state index < -0.39 is 19.9 Å². The first-order valence-corrected chi connectivity index (χ1v) is 8.96. The van der Waals surface area contributed by atoms with Gasteiger partial charge in [-0.15, -0.1) is 0 Å². The molecule has 1 aliphatic carbocycles. The quantitative estimate of drug-likeness (QED) is 0.592. The monoisotopic (exact) mass is 399 g/mol. The third-order valence-corrected chi connectivity index (χ3v) is 4.74. The van der Waals surface area contributed by atoms with Crippen LogP contribution in [-0.2, 0) is 11.8 Å². The van der Waals surface area contributed by atoms with Crippen LogP contribution < -0.4 is 20.7 Å². The Morgan fingerprint density at radius 1 is 1.28 bits per heavy atom. The van der Waals surface area contributed by atoms with Crippen LogP contribution in [0, 0.1) is 5.92 Å². The lowest BCUT2D eigenvalue weighted by atomic mass is 10.1. The molecule has 0 radical (unpaired) electrons. The number of benzene rings is 1. The van der Waals surface area contributed by atoms with Gasteiger partial charge in [0.25, 0.3) is 5.91 Å². The average Bonchev–Trinajstić information content (AvgIpc) is 3.50. The molecule has 3 aromatic rings. The Hall–Kier alpha value is -3.55. The maximum Gasteiger partial charge on any atom is 0.254 e. The van der Waals surface area contributed by atoms with E-state index in [0.717, 1.165) is 23.6 Å². The van der Waals surface area contributed by atoms with Crippen molar-refractivity contribution in [3.8, 4) is 5.75 Å². The van der Waals surface area contributed by atoms with Crippen molar-refractivity contribution in [2.45, 2.75) is 12.8 Å². The van der Waals surface area contributed by atoms with E-state index >= 15 is 0 Å². The van der Waals surface area contributed by atoms with Crippen LogP contribution in [0.5, 0.6) is 5.75 Å². The molecule has 0 unspecified atom stereocenters. The second-order valence-electron chi connectivity index (χ2n) is 6.73. The number of fused-ring (bicyclic) bond motifs is 1. The van der Waals surface area contributed by atoms with Gasteiger partial charge in [0, 0.05) is 51.9 Å². The van der Waals surface area contributed by atoms with Crippen LogP contribution in [0.1, 0.15) is 31.4 Å². The number of amides is 2. The Morgan fingerprint density at radius 2 is 2.14 bits per heavy atom. The van der Waals surface area contributed by atoms with Gasteiger partial charge in [0.2, 0.25) is 5.91 Å². The minimum absolute atomic E-state index is 0.0816. The zero-order valence-corrected chi connectivity index (χ0v) is 15.6. The van der Waals surface area contributed by atoms with Crippen molar-refractivity contribution in [3.05, 3.63) is 42.2 Å². The fourth-order valence-corrected chi connectivity index (χ4v) is 3.10. The van der Waals surface area contributed by atoms with E-state index in [1.165, 1.54) is 19.4 Å². The maximum atomic E-state index is 12.7. The molecule has 0 atom stereocenters. The Balaban J connectivity index is 1.78. The molecule has 0 aliphatic heterocycles. The molecule has 3 N–H and O–H groups in total. The number of rotatable bonds is 6. The number of pyridine rings is 1. The maximum absolute atomic E-state index is 12.7. The number of hydrogen-bond donors (Lipinski definition) is 3. The molecule has 150 valence electrons. The van der Waals surface area contributed by atoms with E-state index in [4.69, 9.17) is 13.0 Å². The van der Waals surface area contributed by atoms with E-state index in [2.05, 4.69) is 15.6 Å². The van der Waals surface area contributed by atoms with Crippen molar-refractivity contribution in [1.29, 1.82) is 0 Å². The highest BCUT2D eigenvalue weighted by Gasteiger charge is 2.30. The van der Waals surface area contributed by atoms with E-state index in [-0.39, 0.29) is 34.6 Å². The van der Waals surface area contributed by atoms with Gasteiger partial charge >= 0.3 is 0 Å². The summed E-state index contributed by atoms with van der Waals surface area (Å²) < 4.78 is 52.1. The molecular formula is C21H23N5O3. The highest BCUT2D eigenvalue weighted by atomic mass is 16.5. The molecule has 1 fully saturated rings. The summed E-state index contributed by atoms with van der Waals surface area (Å²) in [5.41, 5.74) is 0.663. The summed E-state index contributed by atoms with van der Waals surface area (Å²) in [6.07, 6.45) is 4.16. The van der Waals surface area contributed by atoms with E-state index in [1.807, 2.05) is 5.32 Å². The Labute approximate surface area is 176 Å². The molecule has 2 amide bonds. The van der Waals surface area contributed by atoms with Gasteiger partial charge in [-0.25, -0.2) is 4.98 Å². The number of aromatic nitrogens is 2. The molecule has 2 aromatic heterocycles. The first kappa shape index (κ1) is 12.8. The highest BCUT2D eigenvalue weighted by Crippen LogP contribution is 2.37. The minimum Gasteiger partial charge on any atom is -0.492 e. The zero-order valence-electron chi connectivity index (χ0n) is 21.6. The molecule has 1 aromatic carbocycles. The van der Waals surface area contributed by atoms with Crippen LogP contribution in [0.25, 0.3) is 10.9 Å². The third-order valence-electron chi connectivity index (χ3n) is 4.74. The molecule has 8 heteroatoms. The molecule has 2 heterocycles.